The van der Waals surface area contributed by atoms with E-state index < -0.39 is 23.6 Å². The molecule has 1 heterocycles. The summed E-state index contributed by atoms with van der Waals surface area (Å²) in [6.45, 7) is 5.35. The Labute approximate surface area is 171 Å². The molecule has 1 unspecified atom stereocenters. The first-order valence-electron chi connectivity index (χ1n) is 8.52. The molecule has 28 heavy (non-hydrogen) atoms. The largest absolute Gasteiger partial charge is 0.444 e. The number of para-hydroxylation sites is 1. The van der Waals surface area contributed by atoms with Crippen molar-refractivity contribution in [2.75, 3.05) is 17.2 Å². The summed E-state index contributed by atoms with van der Waals surface area (Å²) in [5.41, 5.74) is 1.09. The molecule has 0 fully saturated rings. The topological polar surface area (TPSA) is 92.3 Å². The lowest BCUT2D eigenvalue weighted by molar-refractivity contribution is -0.109. The van der Waals surface area contributed by atoms with E-state index in [0.717, 1.165) is 10.7 Å². The number of aromatic nitrogens is 1. The number of anilines is 3. The van der Waals surface area contributed by atoms with Crippen molar-refractivity contribution < 1.29 is 18.7 Å². The van der Waals surface area contributed by atoms with E-state index in [1.54, 1.807) is 32.9 Å². The van der Waals surface area contributed by atoms with Crippen molar-refractivity contribution in [1.82, 2.24) is 10.3 Å². The van der Waals surface area contributed by atoms with Crippen LogP contribution >= 0.6 is 15.9 Å². The van der Waals surface area contributed by atoms with Crippen LogP contribution in [0, 0.1) is 5.82 Å². The van der Waals surface area contributed by atoms with Crippen LogP contribution in [0.1, 0.15) is 20.8 Å². The Morgan fingerprint density at radius 3 is 2.75 bits per heavy atom. The Balaban J connectivity index is 2.08. The number of carbonyl (C=O) groups is 2. The summed E-state index contributed by atoms with van der Waals surface area (Å²) in [4.78, 5) is 27.0. The number of aldehydes is 1. The van der Waals surface area contributed by atoms with Crippen LogP contribution < -0.4 is 16.0 Å². The second kappa shape index (κ2) is 9.50. The molecule has 0 aliphatic heterocycles. The van der Waals surface area contributed by atoms with Gasteiger partial charge in [-0.1, -0.05) is 6.07 Å². The van der Waals surface area contributed by atoms with Gasteiger partial charge in [-0.15, -0.1) is 0 Å². The average molecular weight is 453 g/mol. The standard InChI is InChI=1S/C19H22BrFN4O3/c1-19(2,3)28-18(27)25-14(11-26)10-23-16-6-4-5-15(20)17(16)24-13-7-12(21)8-22-9-13/h4-9,11,14,23-24H,10H2,1-3H3,(H,25,27). The van der Waals surface area contributed by atoms with Crippen LogP contribution in [0.25, 0.3) is 0 Å². The van der Waals surface area contributed by atoms with Crippen molar-refractivity contribution in [2.24, 2.45) is 0 Å². The minimum atomic E-state index is -0.794. The third-order valence-corrected chi connectivity index (χ3v) is 4.03. The molecule has 0 saturated heterocycles. The van der Waals surface area contributed by atoms with E-state index in [0.29, 0.717) is 23.3 Å². The molecule has 1 amide bonds. The molecule has 1 atom stereocenters. The van der Waals surface area contributed by atoms with Gasteiger partial charge in [0.1, 0.15) is 23.7 Å². The lowest BCUT2D eigenvalue weighted by Gasteiger charge is -2.22. The van der Waals surface area contributed by atoms with Gasteiger partial charge < -0.3 is 25.5 Å². The first-order chi connectivity index (χ1) is 13.2. The minimum Gasteiger partial charge on any atom is -0.444 e. The fourth-order valence-electron chi connectivity index (χ4n) is 2.24. The van der Waals surface area contributed by atoms with Gasteiger partial charge in [-0.25, -0.2) is 9.18 Å². The lowest BCUT2D eigenvalue weighted by Crippen LogP contribution is -2.43. The van der Waals surface area contributed by atoms with Gasteiger partial charge in [-0.05, 0) is 48.8 Å². The Morgan fingerprint density at radius 1 is 1.36 bits per heavy atom. The summed E-state index contributed by atoms with van der Waals surface area (Å²) in [7, 11) is 0. The fourth-order valence-corrected chi connectivity index (χ4v) is 2.70. The van der Waals surface area contributed by atoms with Crippen LogP contribution in [0.3, 0.4) is 0 Å². The predicted octanol–water partition coefficient (Wildman–Crippen LogP) is 4.23. The van der Waals surface area contributed by atoms with Crippen LogP contribution in [0.4, 0.5) is 26.2 Å². The van der Waals surface area contributed by atoms with Crippen molar-refractivity contribution in [1.29, 1.82) is 0 Å². The van der Waals surface area contributed by atoms with Crippen LogP contribution in [-0.2, 0) is 9.53 Å². The number of benzene rings is 1. The summed E-state index contributed by atoms with van der Waals surface area (Å²) in [5.74, 6) is -0.464. The number of carbonyl (C=O) groups excluding carboxylic acids is 2. The second-order valence-electron chi connectivity index (χ2n) is 6.95. The first-order valence-corrected chi connectivity index (χ1v) is 9.32. The maximum atomic E-state index is 13.4. The number of nitrogens with one attached hydrogen (secondary N) is 3. The molecule has 150 valence electrons. The third kappa shape index (κ3) is 6.80. The van der Waals surface area contributed by atoms with Crippen LogP contribution in [-0.4, -0.2) is 35.6 Å². The Hall–Kier alpha value is -2.68. The zero-order valence-corrected chi connectivity index (χ0v) is 17.3. The number of ether oxygens (including phenoxy) is 1. The summed E-state index contributed by atoms with van der Waals surface area (Å²) >= 11 is 3.44. The van der Waals surface area contributed by atoms with Crippen LogP contribution in [0.15, 0.2) is 41.1 Å². The Morgan fingerprint density at radius 2 is 2.11 bits per heavy atom. The van der Waals surface area contributed by atoms with Gasteiger partial charge in [0.25, 0.3) is 0 Å². The van der Waals surface area contributed by atoms with Crippen molar-refractivity contribution in [3.8, 4) is 0 Å². The second-order valence-corrected chi connectivity index (χ2v) is 7.80. The zero-order chi connectivity index (χ0) is 20.7. The van der Waals surface area contributed by atoms with Gasteiger partial charge in [0.15, 0.2) is 0 Å². The molecule has 0 saturated carbocycles. The molecular formula is C19H22BrFN4O3. The van der Waals surface area contributed by atoms with Gasteiger partial charge in [0.05, 0.1) is 29.5 Å². The number of halogens is 2. The van der Waals surface area contributed by atoms with E-state index in [9.17, 15) is 14.0 Å². The van der Waals surface area contributed by atoms with Crippen molar-refractivity contribution in [3.05, 3.63) is 46.9 Å². The van der Waals surface area contributed by atoms with Crippen LogP contribution in [0.2, 0.25) is 0 Å². The molecule has 1 aromatic carbocycles. The van der Waals surface area contributed by atoms with Gasteiger partial charge in [-0.2, -0.15) is 0 Å². The minimum absolute atomic E-state index is 0.134. The quantitative estimate of drug-likeness (QED) is 0.544. The molecule has 0 aliphatic rings. The number of alkyl carbamates (subject to hydrolysis) is 1. The highest BCUT2D eigenvalue weighted by Crippen LogP contribution is 2.33. The molecule has 0 aliphatic carbocycles. The summed E-state index contributed by atoms with van der Waals surface area (Å²) in [6, 6.07) is 5.93. The summed E-state index contributed by atoms with van der Waals surface area (Å²) in [6.07, 6.45) is 2.55. The number of hydrogen-bond donors (Lipinski definition) is 3. The maximum absolute atomic E-state index is 13.4. The van der Waals surface area contributed by atoms with Crippen molar-refractivity contribution in [3.63, 3.8) is 0 Å². The highest BCUT2D eigenvalue weighted by Gasteiger charge is 2.19. The smallest absolute Gasteiger partial charge is 0.408 e. The van der Waals surface area contributed by atoms with Crippen LogP contribution in [0.5, 0.6) is 0 Å². The normalized spacial score (nSPS) is 12.0. The van der Waals surface area contributed by atoms with Crippen molar-refractivity contribution in [2.45, 2.75) is 32.4 Å². The van der Waals surface area contributed by atoms with Crippen molar-refractivity contribution >= 4 is 45.4 Å². The van der Waals surface area contributed by atoms with Gasteiger partial charge in [0, 0.05) is 17.1 Å². The van der Waals surface area contributed by atoms with E-state index in [2.05, 4.69) is 36.9 Å². The first kappa shape index (κ1) is 21.6. The highest BCUT2D eigenvalue weighted by molar-refractivity contribution is 9.10. The molecule has 7 nitrogen and oxygen atoms in total. The molecule has 0 spiro atoms. The number of nitrogens with zero attached hydrogens (tertiary/aromatic N) is 1. The van der Waals surface area contributed by atoms with E-state index in [-0.39, 0.29) is 6.54 Å². The lowest BCUT2D eigenvalue weighted by atomic mass is 10.2. The van der Waals surface area contributed by atoms with E-state index in [1.165, 1.54) is 12.3 Å². The summed E-state index contributed by atoms with van der Waals surface area (Å²) < 4.78 is 19.3. The predicted molar refractivity (Wildman–Crippen MR) is 109 cm³/mol. The molecule has 3 N–H and O–H groups in total. The maximum Gasteiger partial charge on any atom is 0.408 e. The number of hydrogen-bond acceptors (Lipinski definition) is 6. The number of rotatable bonds is 7. The number of amides is 1. The molecule has 2 rings (SSSR count). The molecule has 0 bridgehead atoms. The monoisotopic (exact) mass is 452 g/mol. The van der Waals surface area contributed by atoms with Gasteiger partial charge >= 0.3 is 6.09 Å². The average Bonchev–Trinajstić information content (AvgIpc) is 2.59. The molecule has 0 radical (unpaired) electrons. The van der Waals surface area contributed by atoms with E-state index >= 15 is 0 Å². The fraction of sp³-hybridized carbons (Fsp3) is 0.316. The Bertz CT molecular complexity index is 842. The van der Waals surface area contributed by atoms with Gasteiger partial charge in [-0.3, -0.25) is 4.98 Å². The van der Waals surface area contributed by atoms with E-state index in [4.69, 9.17) is 4.74 Å². The van der Waals surface area contributed by atoms with Gasteiger partial charge in [0.2, 0.25) is 0 Å². The summed E-state index contributed by atoms with van der Waals surface area (Å²) in [5, 5.41) is 8.68. The molecule has 2 aromatic rings. The van der Waals surface area contributed by atoms with E-state index in [1.807, 2.05) is 6.07 Å². The third-order valence-electron chi connectivity index (χ3n) is 3.37. The SMILES string of the molecule is CC(C)(C)OC(=O)NC(C=O)CNc1cccc(Br)c1Nc1cncc(F)c1. The Kier molecular flexibility index (Phi) is 7.33. The number of pyridine rings is 1. The molecular weight excluding hydrogens is 431 g/mol. The highest BCUT2D eigenvalue weighted by atomic mass is 79.9. The zero-order valence-electron chi connectivity index (χ0n) is 15.8. The molecule has 9 heteroatoms. The molecule has 1 aromatic heterocycles.